The summed E-state index contributed by atoms with van der Waals surface area (Å²) in [6.45, 7) is 2.60. The number of hydrogen-bond acceptors (Lipinski definition) is 6. The maximum atomic E-state index is 12.4. The molecule has 0 saturated carbocycles. The number of carbonyl (C=O) groups excluding carboxylic acids is 1. The van der Waals surface area contributed by atoms with Gasteiger partial charge in [0.1, 0.15) is 17.8 Å². The van der Waals surface area contributed by atoms with Crippen molar-refractivity contribution < 1.29 is 14.5 Å². The van der Waals surface area contributed by atoms with Gasteiger partial charge in [0.15, 0.2) is 6.61 Å². The van der Waals surface area contributed by atoms with Gasteiger partial charge < -0.3 is 14.5 Å². The topological polar surface area (TPSA) is 88.8 Å². The second kappa shape index (κ2) is 8.28. The zero-order valence-electron chi connectivity index (χ0n) is 14.3. The van der Waals surface area contributed by atoms with Crippen molar-refractivity contribution in [1.82, 2.24) is 9.88 Å². The Labute approximate surface area is 151 Å². The van der Waals surface area contributed by atoms with Crippen LogP contribution in [0.4, 0.5) is 11.5 Å². The third kappa shape index (κ3) is 4.47. The lowest BCUT2D eigenvalue weighted by Crippen LogP contribution is -2.38. The van der Waals surface area contributed by atoms with Crippen molar-refractivity contribution in [1.29, 1.82) is 0 Å². The minimum Gasteiger partial charge on any atom is -0.484 e. The molecule has 2 heterocycles. The van der Waals surface area contributed by atoms with Crippen LogP contribution in [-0.4, -0.2) is 53.5 Å². The molecule has 1 aromatic heterocycles. The average molecular weight is 356 g/mol. The number of amides is 1. The molecule has 1 aliphatic rings. The van der Waals surface area contributed by atoms with Gasteiger partial charge in [-0.25, -0.2) is 4.98 Å². The van der Waals surface area contributed by atoms with Gasteiger partial charge in [0, 0.05) is 32.2 Å². The zero-order chi connectivity index (χ0) is 18.4. The van der Waals surface area contributed by atoms with Gasteiger partial charge in [0.2, 0.25) is 0 Å². The number of rotatable bonds is 5. The Morgan fingerprint density at radius 2 is 1.92 bits per heavy atom. The van der Waals surface area contributed by atoms with Crippen LogP contribution < -0.4 is 9.64 Å². The fraction of sp³-hybridized carbons (Fsp3) is 0.333. The van der Waals surface area contributed by atoms with Gasteiger partial charge in [-0.1, -0.05) is 18.2 Å². The summed E-state index contributed by atoms with van der Waals surface area (Å²) in [6.07, 6.45) is 2.06. The maximum absolute atomic E-state index is 12.4. The number of nitro groups is 1. The summed E-state index contributed by atoms with van der Waals surface area (Å²) in [5, 5.41) is 10.7. The Kier molecular flexibility index (Phi) is 5.62. The number of hydrogen-bond donors (Lipinski definition) is 0. The molecule has 8 nitrogen and oxygen atoms in total. The van der Waals surface area contributed by atoms with Crippen molar-refractivity contribution in [2.24, 2.45) is 0 Å². The summed E-state index contributed by atoms with van der Waals surface area (Å²) in [5.41, 5.74) is -0.0292. The molecule has 0 bridgehead atoms. The molecule has 1 saturated heterocycles. The van der Waals surface area contributed by atoms with E-state index in [2.05, 4.69) is 4.98 Å². The smallest absolute Gasteiger partial charge is 0.287 e. The second-order valence-corrected chi connectivity index (χ2v) is 5.95. The van der Waals surface area contributed by atoms with Crippen LogP contribution in [0.15, 0.2) is 48.7 Å². The first-order valence-corrected chi connectivity index (χ1v) is 8.44. The molecule has 2 aromatic rings. The molecular formula is C18H20N4O4. The van der Waals surface area contributed by atoms with E-state index in [1.165, 1.54) is 12.3 Å². The summed E-state index contributed by atoms with van der Waals surface area (Å²) < 4.78 is 5.53. The molecular weight excluding hydrogens is 336 g/mol. The van der Waals surface area contributed by atoms with Crippen molar-refractivity contribution in [3.63, 3.8) is 0 Å². The van der Waals surface area contributed by atoms with Gasteiger partial charge >= 0.3 is 0 Å². The summed E-state index contributed by atoms with van der Waals surface area (Å²) in [6, 6.07) is 12.3. The standard InChI is InChI=1S/C18H20N4O4/c23-18(14-26-16-5-2-1-3-6-16)21-10-4-9-20(11-12-21)17-8-7-15(13-19-17)22(24)25/h1-3,5-8,13H,4,9-12,14H2. The van der Waals surface area contributed by atoms with Crippen molar-refractivity contribution in [2.45, 2.75) is 6.42 Å². The van der Waals surface area contributed by atoms with E-state index in [1.54, 1.807) is 11.0 Å². The third-order valence-corrected chi connectivity index (χ3v) is 4.22. The molecule has 136 valence electrons. The summed E-state index contributed by atoms with van der Waals surface area (Å²) >= 11 is 0. The first-order valence-electron chi connectivity index (χ1n) is 8.44. The van der Waals surface area contributed by atoms with Crippen LogP contribution in [0.3, 0.4) is 0 Å². The van der Waals surface area contributed by atoms with Gasteiger partial charge in [0.05, 0.1) is 4.92 Å². The highest BCUT2D eigenvalue weighted by molar-refractivity contribution is 5.77. The van der Waals surface area contributed by atoms with Crippen molar-refractivity contribution in [2.75, 3.05) is 37.7 Å². The van der Waals surface area contributed by atoms with E-state index < -0.39 is 4.92 Å². The predicted octanol–water partition coefficient (Wildman–Crippen LogP) is 2.11. The fourth-order valence-electron chi connectivity index (χ4n) is 2.82. The molecule has 0 spiro atoms. The Morgan fingerprint density at radius 3 is 2.62 bits per heavy atom. The average Bonchev–Trinajstić information content (AvgIpc) is 2.93. The highest BCUT2D eigenvalue weighted by Gasteiger charge is 2.20. The fourth-order valence-corrected chi connectivity index (χ4v) is 2.82. The van der Waals surface area contributed by atoms with Gasteiger partial charge in [-0.3, -0.25) is 14.9 Å². The van der Waals surface area contributed by atoms with E-state index in [-0.39, 0.29) is 18.2 Å². The Bertz CT molecular complexity index is 752. The first kappa shape index (κ1) is 17.7. The van der Waals surface area contributed by atoms with Crippen LogP contribution in [-0.2, 0) is 4.79 Å². The van der Waals surface area contributed by atoms with E-state index >= 15 is 0 Å². The van der Waals surface area contributed by atoms with Crippen molar-refractivity contribution in [3.05, 3.63) is 58.8 Å². The number of nitrogens with zero attached hydrogens (tertiary/aromatic N) is 4. The molecule has 0 atom stereocenters. The predicted molar refractivity (Wildman–Crippen MR) is 96.2 cm³/mol. The number of anilines is 1. The summed E-state index contributed by atoms with van der Waals surface area (Å²) in [4.78, 5) is 30.6. The number of aromatic nitrogens is 1. The zero-order valence-corrected chi connectivity index (χ0v) is 14.3. The number of benzene rings is 1. The minimum atomic E-state index is -0.466. The molecule has 0 unspecified atom stereocenters. The third-order valence-electron chi connectivity index (χ3n) is 4.22. The molecule has 26 heavy (non-hydrogen) atoms. The highest BCUT2D eigenvalue weighted by atomic mass is 16.6. The molecule has 0 N–H and O–H groups in total. The maximum Gasteiger partial charge on any atom is 0.287 e. The van der Waals surface area contributed by atoms with Crippen LogP contribution in [0.2, 0.25) is 0 Å². The number of ether oxygens (including phenoxy) is 1. The Morgan fingerprint density at radius 1 is 1.12 bits per heavy atom. The quantitative estimate of drug-likeness (QED) is 0.602. The largest absolute Gasteiger partial charge is 0.484 e. The molecule has 1 fully saturated rings. The molecule has 3 rings (SSSR count). The molecule has 1 aromatic carbocycles. The summed E-state index contributed by atoms with van der Waals surface area (Å²) in [7, 11) is 0. The molecule has 8 heteroatoms. The van der Waals surface area contributed by atoms with Crippen LogP contribution in [0, 0.1) is 10.1 Å². The lowest BCUT2D eigenvalue weighted by Gasteiger charge is -2.22. The van der Waals surface area contributed by atoms with Crippen molar-refractivity contribution in [3.8, 4) is 5.75 Å². The Balaban J connectivity index is 1.54. The lowest BCUT2D eigenvalue weighted by molar-refractivity contribution is -0.385. The molecule has 0 aliphatic carbocycles. The molecule has 0 radical (unpaired) electrons. The van der Waals surface area contributed by atoms with E-state index in [0.717, 1.165) is 13.0 Å². The number of carbonyl (C=O) groups is 1. The molecule has 1 amide bonds. The Hall–Kier alpha value is -3.16. The van der Waals surface area contributed by atoms with Gasteiger partial charge in [-0.15, -0.1) is 0 Å². The summed E-state index contributed by atoms with van der Waals surface area (Å²) in [5.74, 6) is 1.31. The lowest BCUT2D eigenvalue weighted by atomic mass is 10.3. The van der Waals surface area contributed by atoms with E-state index in [4.69, 9.17) is 4.74 Å². The van der Waals surface area contributed by atoms with Gasteiger partial charge in [-0.05, 0) is 24.6 Å². The highest BCUT2D eigenvalue weighted by Crippen LogP contribution is 2.17. The SMILES string of the molecule is O=C(COc1ccccc1)N1CCCN(c2ccc([N+](=O)[O-])cn2)CC1. The van der Waals surface area contributed by atoms with E-state index in [0.29, 0.717) is 31.2 Å². The van der Waals surface area contributed by atoms with E-state index in [9.17, 15) is 14.9 Å². The van der Waals surface area contributed by atoms with Crippen LogP contribution in [0.25, 0.3) is 0 Å². The van der Waals surface area contributed by atoms with Crippen LogP contribution in [0.5, 0.6) is 5.75 Å². The van der Waals surface area contributed by atoms with Gasteiger partial charge in [0.25, 0.3) is 11.6 Å². The number of pyridine rings is 1. The molecule has 1 aliphatic heterocycles. The van der Waals surface area contributed by atoms with Crippen LogP contribution >= 0.6 is 0 Å². The second-order valence-electron chi connectivity index (χ2n) is 5.95. The van der Waals surface area contributed by atoms with E-state index in [1.807, 2.05) is 35.2 Å². The van der Waals surface area contributed by atoms with Gasteiger partial charge in [-0.2, -0.15) is 0 Å². The van der Waals surface area contributed by atoms with Crippen molar-refractivity contribution >= 4 is 17.4 Å². The normalized spacial score (nSPS) is 14.6. The number of para-hydroxylation sites is 1. The minimum absolute atomic E-state index is 0.0137. The first-order chi connectivity index (χ1) is 12.6. The monoisotopic (exact) mass is 356 g/mol. The van der Waals surface area contributed by atoms with Crippen LogP contribution in [0.1, 0.15) is 6.42 Å².